The minimum atomic E-state index is -0.717. The molecule has 5 nitrogen and oxygen atoms in total. The number of hydrogen-bond acceptors (Lipinski definition) is 5. The first kappa shape index (κ1) is 11.4. The summed E-state index contributed by atoms with van der Waals surface area (Å²) in [5.74, 6) is -0.907. The number of carbonyl (C=O) groups excluding carboxylic acids is 2. The van der Waals surface area contributed by atoms with Gasteiger partial charge in [-0.05, 0) is 19.8 Å². The van der Waals surface area contributed by atoms with Gasteiger partial charge in [-0.15, -0.1) is 0 Å². The fourth-order valence-electron chi connectivity index (χ4n) is 1.45. The van der Waals surface area contributed by atoms with E-state index in [4.69, 9.17) is 11.1 Å². The molecule has 1 aliphatic carbocycles. The van der Waals surface area contributed by atoms with Gasteiger partial charge in [-0.25, -0.2) is 4.79 Å². The van der Waals surface area contributed by atoms with E-state index in [2.05, 4.69) is 4.74 Å². The van der Waals surface area contributed by atoms with Crippen molar-refractivity contribution in [3.05, 3.63) is 11.3 Å². The number of hydrogen-bond donors (Lipinski definition) is 2. The fourth-order valence-corrected chi connectivity index (χ4v) is 1.45. The molecule has 1 rings (SSSR count). The Balaban J connectivity index is 2.87. The lowest BCUT2D eigenvalue weighted by molar-refractivity contribution is -0.135. The van der Waals surface area contributed by atoms with Gasteiger partial charge in [0.05, 0.1) is 12.3 Å². The number of ketones is 1. The Morgan fingerprint density at radius 2 is 2.20 bits per heavy atom. The monoisotopic (exact) mass is 210 g/mol. The van der Waals surface area contributed by atoms with Crippen LogP contribution < -0.4 is 5.73 Å². The van der Waals surface area contributed by atoms with Crippen molar-refractivity contribution in [3.63, 3.8) is 0 Å². The first-order valence-electron chi connectivity index (χ1n) is 4.85. The van der Waals surface area contributed by atoms with Crippen molar-refractivity contribution in [2.75, 3.05) is 6.61 Å². The van der Waals surface area contributed by atoms with E-state index in [9.17, 15) is 9.59 Å². The van der Waals surface area contributed by atoms with Crippen LogP contribution in [0, 0.1) is 5.41 Å². The van der Waals surface area contributed by atoms with Gasteiger partial charge in [-0.1, -0.05) is 0 Å². The Bertz CT molecular complexity index is 345. The number of allylic oxidation sites excluding steroid dienone is 1. The van der Waals surface area contributed by atoms with Crippen molar-refractivity contribution < 1.29 is 14.3 Å². The van der Waals surface area contributed by atoms with Crippen LogP contribution in [0.25, 0.3) is 0 Å². The molecule has 15 heavy (non-hydrogen) atoms. The van der Waals surface area contributed by atoms with E-state index in [0.29, 0.717) is 24.8 Å². The molecule has 0 heterocycles. The maximum absolute atomic E-state index is 11.3. The molecule has 0 amide bonds. The lowest BCUT2D eigenvalue weighted by atomic mass is 9.92. The summed E-state index contributed by atoms with van der Waals surface area (Å²) in [7, 11) is 0. The molecule has 0 radical (unpaired) electrons. The Morgan fingerprint density at radius 1 is 1.53 bits per heavy atom. The third-order valence-corrected chi connectivity index (χ3v) is 2.24. The number of nitrogens with two attached hydrogens (primary N) is 1. The van der Waals surface area contributed by atoms with Crippen molar-refractivity contribution in [3.8, 4) is 0 Å². The van der Waals surface area contributed by atoms with E-state index in [-0.39, 0.29) is 23.8 Å². The molecular weight excluding hydrogens is 196 g/mol. The molecule has 3 N–H and O–H groups in total. The van der Waals surface area contributed by atoms with E-state index in [1.165, 1.54) is 0 Å². The molecule has 0 aliphatic heterocycles. The molecule has 0 aromatic rings. The quantitative estimate of drug-likeness (QED) is 0.525. The Morgan fingerprint density at radius 3 is 2.80 bits per heavy atom. The number of rotatable bonds is 3. The van der Waals surface area contributed by atoms with Crippen LogP contribution in [0.2, 0.25) is 0 Å². The SMILES string of the molecule is CCOC(=O)C(=N)C1=C(N)C(=O)CCC1. The smallest absolute Gasteiger partial charge is 0.356 e. The highest BCUT2D eigenvalue weighted by atomic mass is 16.5. The topological polar surface area (TPSA) is 93.2 Å². The standard InChI is InChI=1S/C10H14N2O3/c1-2-15-10(14)9(12)6-4-3-5-7(13)8(6)11/h12H,2-5,11H2,1H3. The Kier molecular flexibility index (Phi) is 3.60. The van der Waals surface area contributed by atoms with Crippen LogP contribution in [0.15, 0.2) is 11.3 Å². The third-order valence-electron chi connectivity index (χ3n) is 2.24. The predicted octanol–water partition coefficient (Wildman–Crippen LogP) is 0.535. The van der Waals surface area contributed by atoms with Crippen LogP contribution in [-0.4, -0.2) is 24.1 Å². The number of Topliss-reactive ketones (excluding diaryl/α,β-unsaturated/α-hetero) is 1. The zero-order valence-corrected chi connectivity index (χ0v) is 8.63. The molecule has 0 saturated heterocycles. The molecule has 0 spiro atoms. The molecule has 0 saturated carbocycles. The largest absolute Gasteiger partial charge is 0.461 e. The number of ether oxygens (including phenoxy) is 1. The molecule has 0 fully saturated rings. The first-order valence-corrected chi connectivity index (χ1v) is 4.85. The van der Waals surface area contributed by atoms with Gasteiger partial charge in [0.1, 0.15) is 5.71 Å². The van der Waals surface area contributed by atoms with Gasteiger partial charge in [-0.3, -0.25) is 10.2 Å². The molecule has 5 heteroatoms. The van der Waals surface area contributed by atoms with Gasteiger partial charge < -0.3 is 10.5 Å². The molecular formula is C10H14N2O3. The molecule has 1 aliphatic rings. The average Bonchev–Trinajstić information content (AvgIpc) is 2.21. The summed E-state index contributed by atoms with van der Waals surface area (Å²) >= 11 is 0. The Labute approximate surface area is 87.8 Å². The van der Waals surface area contributed by atoms with Crippen molar-refractivity contribution in [1.82, 2.24) is 0 Å². The number of carbonyl (C=O) groups is 2. The van der Waals surface area contributed by atoms with Gasteiger partial charge in [-0.2, -0.15) is 0 Å². The predicted molar refractivity (Wildman–Crippen MR) is 54.4 cm³/mol. The van der Waals surface area contributed by atoms with Crippen LogP contribution in [0.5, 0.6) is 0 Å². The second-order valence-electron chi connectivity index (χ2n) is 3.26. The highest BCUT2D eigenvalue weighted by molar-refractivity contribution is 6.42. The van der Waals surface area contributed by atoms with Gasteiger partial charge in [0, 0.05) is 12.0 Å². The second-order valence-corrected chi connectivity index (χ2v) is 3.26. The summed E-state index contributed by atoms with van der Waals surface area (Å²) in [5, 5.41) is 7.55. The number of nitrogens with one attached hydrogen (secondary N) is 1. The molecule has 0 bridgehead atoms. The molecule has 0 aromatic carbocycles. The maximum Gasteiger partial charge on any atom is 0.356 e. The average molecular weight is 210 g/mol. The van der Waals surface area contributed by atoms with Crippen molar-refractivity contribution in [2.45, 2.75) is 26.2 Å². The van der Waals surface area contributed by atoms with Crippen molar-refractivity contribution in [2.24, 2.45) is 5.73 Å². The molecule has 82 valence electrons. The lowest BCUT2D eigenvalue weighted by Crippen LogP contribution is -2.27. The van der Waals surface area contributed by atoms with E-state index in [0.717, 1.165) is 0 Å². The van der Waals surface area contributed by atoms with E-state index in [1.54, 1.807) is 6.92 Å². The summed E-state index contributed by atoms with van der Waals surface area (Å²) in [5.41, 5.74) is 5.61. The minimum absolute atomic E-state index is 0.0410. The first-order chi connectivity index (χ1) is 7.07. The highest BCUT2D eigenvalue weighted by Gasteiger charge is 2.24. The third kappa shape index (κ3) is 2.43. The van der Waals surface area contributed by atoms with Gasteiger partial charge in [0.15, 0.2) is 5.78 Å². The van der Waals surface area contributed by atoms with Crippen LogP contribution in [-0.2, 0) is 14.3 Å². The van der Waals surface area contributed by atoms with E-state index >= 15 is 0 Å². The lowest BCUT2D eigenvalue weighted by Gasteiger charge is -2.15. The van der Waals surface area contributed by atoms with Gasteiger partial charge in [0.2, 0.25) is 0 Å². The summed E-state index contributed by atoms with van der Waals surface area (Å²) in [6.45, 7) is 1.87. The van der Waals surface area contributed by atoms with Gasteiger partial charge in [0.25, 0.3) is 0 Å². The minimum Gasteiger partial charge on any atom is -0.461 e. The van der Waals surface area contributed by atoms with Crippen LogP contribution >= 0.6 is 0 Å². The number of esters is 1. The summed E-state index contributed by atoms with van der Waals surface area (Å²) < 4.78 is 4.68. The highest BCUT2D eigenvalue weighted by Crippen LogP contribution is 2.20. The zero-order valence-electron chi connectivity index (χ0n) is 8.63. The zero-order chi connectivity index (χ0) is 11.4. The van der Waals surface area contributed by atoms with E-state index in [1.807, 2.05) is 0 Å². The molecule has 0 atom stereocenters. The summed E-state index contributed by atoms with van der Waals surface area (Å²) in [6, 6.07) is 0. The molecule has 0 unspecified atom stereocenters. The molecule has 0 aromatic heterocycles. The van der Waals surface area contributed by atoms with Crippen LogP contribution in [0.1, 0.15) is 26.2 Å². The maximum atomic E-state index is 11.3. The van der Waals surface area contributed by atoms with E-state index < -0.39 is 5.97 Å². The van der Waals surface area contributed by atoms with Crippen LogP contribution in [0.4, 0.5) is 0 Å². The fraction of sp³-hybridized carbons (Fsp3) is 0.500. The van der Waals surface area contributed by atoms with Gasteiger partial charge >= 0.3 is 5.97 Å². The van der Waals surface area contributed by atoms with Crippen molar-refractivity contribution in [1.29, 1.82) is 5.41 Å². The normalized spacial score (nSPS) is 16.5. The second kappa shape index (κ2) is 4.72. The summed E-state index contributed by atoms with van der Waals surface area (Å²) in [6.07, 6.45) is 1.53. The summed E-state index contributed by atoms with van der Waals surface area (Å²) in [4.78, 5) is 22.5. The van der Waals surface area contributed by atoms with Crippen LogP contribution in [0.3, 0.4) is 0 Å². The Hall–Kier alpha value is -1.65. The van der Waals surface area contributed by atoms with Crippen molar-refractivity contribution >= 4 is 17.5 Å².